The Morgan fingerprint density at radius 3 is 2.67 bits per heavy atom. The maximum Gasteiger partial charge on any atom is 0.257 e. The third-order valence-corrected chi connectivity index (χ3v) is 3.95. The summed E-state index contributed by atoms with van der Waals surface area (Å²) in [4.78, 5) is 21.1. The predicted molar refractivity (Wildman–Crippen MR) is 85.6 cm³/mol. The number of anilines is 1. The van der Waals surface area contributed by atoms with Gasteiger partial charge in [-0.25, -0.2) is 0 Å². The largest absolute Gasteiger partial charge is 0.384 e. The molecule has 1 fully saturated rings. The van der Waals surface area contributed by atoms with Crippen molar-refractivity contribution in [2.75, 3.05) is 38.0 Å². The number of piperazine rings is 1. The van der Waals surface area contributed by atoms with Crippen LogP contribution in [0.5, 0.6) is 0 Å². The molecule has 2 heterocycles. The van der Waals surface area contributed by atoms with Gasteiger partial charge in [0.15, 0.2) is 0 Å². The van der Waals surface area contributed by atoms with Gasteiger partial charge in [0, 0.05) is 51.2 Å². The van der Waals surface area contributed by atoms with Crippen LogP contribution in [0.4, 0.5) is 5.69 Å². The van der Waals surface area contributed by atoms with Crippen molar-refractivity contribution in [2.24, 2.45) is 0 Å². The highest BCUT2D eigenvalue weighted by Gasteiger charge is 2.24. The van der Waals surface area contributed by atoms with E-state index in [1.54, 1.807) is 12.4 Å². The first-order valence-electron chi connectivity index (χ1n) is 7.84. The summed E-state index contributed by atoms with van der Waals surface area (Å²) in [6.07, 6.45) is 4.43. The van der Waals surface area contributed by atoms with Crippen molar-refractivity contribution in [1.29, 1.82) is 0 Å². The number of carbonyl (C=O) groups is 1. The van der Waals surface area contributed by atoms with Crippen LogP contribution in [0, 0.1) is 0 Å². The molecule has 5 heteroatoms. The maximum atomic E-state index is 12.7. The van der Waals surface area contributed by atoms with Crippen molar-refractivity contribution in [3.8, 4) is 0 Å². The molecule has 1 aliphatic rings. The van der Waals surface area contributed by atoms with Crippen LogP contribution in [-0.4, -0.2) is 59.5 Å². The highest BCUT2D eigenvalue weighted by atomic mass is 16.2. The number of nitrogens with one attached hydrogen (secondary N) is 1. The van der Waals surface area contributed by atoms with E-state index in [1.807, 2.05) is 11.0 Å². The molecular weight excluding hydrogens is 264 g/mol. The van der Waals surface area contributed by atoms with Gasteiger partial charge in [0.05, 0.1) is 11.3 Å². The standard InChI is InChI=1S/C16H26N4O/c1-4-6-18-15-5-7-17-12-14(15)16(21)20-10-8-19(9-11-20)13(2)3/h5,7,12-13H,4,6,8-11H2,1-3H3,(H,17,18). The third-order valence-electron chi connectivity index (χ3n) is 3.95. The predicted octanol–water partition coefficient (Wildman–Crippen LogP) is 2.07. The molecule has 1 aliphatic heterocycles. The van der Waals surface area contributed by atoms with E-state index in [2.05, 4.69) is 36.0 Å². The second kappa shape index (κ2) is 7.41. The van der Waals surface area contributed by atoms with Gasteiger partial charge >= 0.3 is 0 Å². The topological polar surface area (TPSA) is 48.5 Å². The Balaban J connectivity index is 2.04. The van der Waals surface area contributed by atoms with Crippen molar-refractivity contribution in [3.05, 3.63) is 24.0 Å². The van der Waals surface area contributed by atoms with Crippen molar-refractivity contribution in [1.82, 2.24) is 14.8 Å². The fourth-order valence-corrected chi connectivity index (χ4v) is 2.59. The first kappa shape index (κ1) is 15.8. The van der Waals surface area contributed by atoms with E-state index in [-0.39, 0.29) is 5.91 Å². The van der Waals surface area contributed by atoms with Crippen molar-refractivity contribution >= 4 is 11.6 Å². The molecule has 0 atom stereocenters. The van der Waals surface area contributed by atoms with Crippen LogP contribution in [-0.2, 0) is 0 Å². The number of rotatable bonds is 5. The molecule has 116 valence electrons. The van der Waals surface area contributed by atoms with E-state index in [1.165, 1.54) is 0 Å². The Bertz CT molecular complexity index is 467. The van der Waals surface area contributed by atoms with E-state index in [9.17, 15) is 4.79 Å². The summed E-state index contributed by atoms with van der Waals surface area (Å²) in [6.45, 7) is 10.9. The Labute approximate surface area is 127 Å². The van der Waals surface area contributed by atoms with Gasteiger partial charge in [-0.15, -0.1) is 0 Å². The number of nitrogens with zero attached hydrogens (tertiary/aromatic N) is 3. The number of amides is 1. The molecule has 0 unspecified atom stereocenters. The Hall–Kier alpha value is -1.62. The number of carbonyl (C=O) groups excluding carboxylic acids is 1. The molecule has 5 nitrogen and oxygen atoms in total. The zero-order valence-electron chi connectivity index (χ0n) is 13.3. The number of hydrogen-bond acceptors (Lipinski definition) is 4. The van der Waals surface area contributed by atoms with E-state index in [0.29, 0.717) is 11.6 Å². The lowest BCUT2D eigenvalue weighted by atomic mass is 10.1. The summed E-state index contributed by atoms with van der Waals surface area (Å²) in [6, 6.07) is 2.43. The summed E-state index contributed by atoms with van der Waals surface area (Å²) in [7, 11) is 0. The van der Waals surface area contributed by atoms with Crippen LogP contribution in [0.1, 0.15) is 37.6 Å². The lowest BCUT2D eigenvalue weighted by molar-refractivity contribution is 0.0596. The second-order valence-electron chi connectivity index (χ2n) is 5.77. The highest BCUT2D eigenvalue weighted by Crippen LogP contribution is 2.17. The molecule has 2 rings (SSSR count). The molecule has 1 N–H and O–H groups in total. The van der Waals surface area contributed by atoms with Gasteiger partial charge in [0.2, 0.25) is 0 Å². The van der Waals surface area contributed by atoms with Crippen LogP contribution >= 0.6 is 0 Å². The Morgan fingerprint density at radius 1 is 1.33 bits per heavy atom. The molecule has 0 bridgehead atoms. The van der Waals surface area contributed by atoms with Crippen LogP contribution in [0.25, 0.3) is 0 Å². The molecule has 0 saturated carbocycles. The van der Waals surface area contributed by atoms with E-state index < -0.39 is 0 Å². The summed E-state index contributed by atoms with van der Waals surface area (Å²) >= 11 is 0. The number of pyridine rings is 1. The Morgan fingerprint density at radius 2 is 2.05 bits per heavy atom. The zero-order chi connectivity index (χ0) is 15.2. The van der Waals surface area contributed by atoms with Gasteiger partial charge in [-0.05, 0) is 26.3 Å². The summed E-state index contributed by atoms with van der Waals surface area (Å²) < 4.78 is 0. The summed E-state index contributed by atoms with van der Waals surface area (Å²) in [5.74, 6) is 0.0881. The van der Waals surface area contributed by atoms with E-state index in [0.717, 1.165) is 44.8 Å². The van der Waals surface area contributed by atoms with Crippen LogP contribution in [0.3, 0.4) is 0 Å². The smallest absolute Gasteiger partial charge is 0.257 e. The molecule has 21 heavy (non-hydrogen) atoms. The number of aromatic nitrogens is 1. The lowest BCUT2D eigenvalue weighted by Crippen LogP contribution is -2.50. The molecule has 0 spiro atoms. The second-order valence-corrected chi connectivity index (χ2v) is 5.77. The van der Waals surface area contributed by atoms with Gasteiger partial charge in [-0.2, -0.15) is 0 Å². The van der Waals surface area contributed by atoms with Crippen molar-refractivity contribution in [3.63, 3.8) is 0 Å². The normalized spacial score (nSPS) is 16.3. The monoisotopic (exact) mass is 290 g/mol. The van der Waals surface area contributed by atoms with Crippen LogP contribution < -0.4 is 5.32 Å². The molecule has 1 saturated heterocycles. The first-order valence-corrected chi connectivity index (χ1v) is 7.84. The van der Waals surface area contributed by atoms with Crippen molar-refractivity contribution in [2.45, 2.75) is 33.2 Å². The average Bonchev–Trinajstić information content (AvgIpc) is 2.52. The molecule has 1 amide bonds. The minimum absolute atomic E-state index is 0.0881. The molecule has 1 aromatic rings. The van der Waals surface area contributed by atoms with Gasteiger partial charge in [0.1, 0.15) is 0 Å². The molecule has 0 aliphatic carbocycles. The maximum absolute atomic E-state index is 12.7. The molecule has 0 radical (unpaired) electrons. The highest BCUT2D eigenvalue weighted by molar-refractivity contribution is 5.99. The zero-order valence-corrected chi connectivity index (χ0v) is 13.3. The SMILES string of the molecule is CCCNc1ccncc1C(=O)N1CCN(C(C)C)CC1. The molecule has 1 aromatic heterocycles. The van der Waals surface area contributed by atoms with Crippen LogP contribution in [0.2, 0.25) is 0 Å². The van der Waals surface area contributed by atoms with Gasteiger partial charge in [-0.3, -0.25) is 14.7 Å². The van der Waals surface area contributed by atoms with Crippen molar-refractivity contribution < 1.29 is 4.79 Å². The van der Waals surface area contributed by atoms with E-state index in [4.69, 9.17) is 0 Å². The minimum Gasteiger partial charge on any atom is -0.384 e. The fraction of sp³-hybridized carbons (Fsp3) is 0.625. The molecule has 0 aromatic carbocycles. The lowest BCUT2D eigenvalue weighted by Gasteiger charge is -2.37. The van der Waals surface area contributed by atoms with Gasteiger partial charge < -0.3 is 10.2 Å². The fourth-order valence-electron chi connectivity index (χ4n) is 2.59. The average molecular weight is 290 g/mol. The minimum atomic E-state index is 0.0881. The van der Waals surface area contributed by atoms with Gasteiger partial charge in [0.25, 0.3) is 5.91 Å². The summed E-state index contributed by atoms with van der Waals surface area (Å²) in [5.41, 5.74) is 1.58. The molecular formula is C16H26N4O. The first-order chi connectivity index (χ1) is 10.1. The van der Waals surface area contributed by atoms with E-state index >= 15 is 0 Å². The summed E-state index contributed by atoms with van der Waals surface area (Å²) in [5, 5.41) is 3.31. The number of hydrogen-bond donors (Lipinski definition) is 1. The van der Waals surface area contributed by atoms with Gasteiger partial charge in [-0.1, -0.05) is 6.92 Å². The van der Waals surface area contributed by atoms with Crippen LogP contribution in [0.15, 0.2) is 18.5 Å². The third kappa shape index (κ3) is 3.94. The Kier molecular flexibility index (Phi) is 5.56. The quantitative estimate of drug-likeness (QED) is 0.902.